The lowest BCUT2D eigenvalue weighted by Crippen LogP contribution is -2.17. The molecule has 7 heteroatoms. The van der Waals surface area contributed by atoms with E-state index in [0.29, 0.717) is 5.91 Å². The van der Waals surface area contributed by atoms with Gasteiger partial charge in [0.05, 0.1) is 0 Å². The van der Waals surface area contributed by atoms with Crippen LogP contribution in [0.2, 0.25) is 0 Å². The van der Waals surface area contributed by atoms with E-state index < -0.39 is 7.59 Å². The van der Waals surface area contributed by atoms with Crippen molar-refractivity contribution in [3.05, 3.63) is 0 Å². The van der Waals surface area contributed by atoms with Crippen LogP contribution in [0.1, 0.15) is 12.8 Å². The summed E-state index contributed by atoms with van der Waals surface area (Å²) in [4.78, 5) is 12.3. The SMILES string of the molecule is CN1CCCC1=O.CNP(N)(N)=O. The zero-order chi connectivity index (χ0) is 10.5. The standard InChI is InChI=1S/C5H9NO.CH8N3OP/c1-6-4-2-3-5(6)7;1-4-6(2,3)5/h2-4H2,1H3;1H3,(H5,2,3,4,5). The molecule has 0 saturated carbocycles. The van der Waals surface area contributed by atoms with E-state index >= 15 is 0 Å². The van der Waals surface area contributed by atoms with Crippen molar-refractivity contribution in [2.24, 2.45) is 11.0 Å². The number of rotatable bonds is 1. The van der Waals surface area contributed by atoms with Crippen LogP contribution in [0.5, 0.6) is 0 Å². The van der Waals surface area contributed by atoms with Crippen LogP contribution < -0.4 is 16.1 Å². The Morgan fingerprint density at radius 1 is 1.54 bits per heavy atom. The second kappa shape index (κ2) is 5.34. The third-order valence-corrected chi connectivity index (χ3v) is 2.36. The molecule has 0 radical (unpaired) electrons. The third kappa shape index (κ3) is 6.72. The molecule has 1 rings (SSSR count). The van der Waals surface area contributed by atoms with Crippen molar-refractivity contribution < 1.29 is 9.36 Å². The number of nitrogens with zero attached hydrogens (tertiary/aromatic N) is 1. The average Bonchev–Trinajstić information content (AvgIpc) is 2.36. The first-order valence-electron chi connectivity index (χ1n) is 3.97. The monoisotopic (exact) mass is 208 g/mol. The lowest BCUT2D eigenvalue weighted by Gasteiger charge is -2.03. The second-order valence-electron chi connectivity index (χ2n) is 2.85. The first kappa shape index (κ1) is 12.6. The molecule has 1 aliphatic heterocycles. The fourth-order valence-electron chi connectivity index (χ4n) is 0.783. The molecule has 78 valence electrons. The molecule has 0 aliphatic carbocycles. The van der Waals surface area contributed by atoms with Gasteiger partial charge in [0.15, 0.2) is 0 Å². The normalized spacial score (nSPS) is 16.9. The fraction of sp³-hybridized carbons (Fsp3) is 0.833. The number of hydrogen-bond donors (Lipinski definition) is 3. The van der Waals surface area contributed by atoms with E-state index in [1.807, 2.05) is 7.05 Å². The van der Waals surface area contributed by atoms with Crippen molar-refractivity contribution in [2.75, 3.05) is 20.6 Å². The number of carbonyl (C=O) groups excluding carboxylic acids is 1. The van der Waals surface area contributed by atoms with Crippen molar-refractivity contribution in [1.29, 1.82) is 0 Å². The van der Waals surface area contributed by atoms with Gasteiger partial charge in [-0.15, -0.1) is 0 Å². The van der Waals surface area contributed by atoms with Crippen LogP contribution >= 0.6 is 7.59 Å². The molecule has 0 bridgehead atoms. The summed E-state index contributed by atoms with van der Waals surface area (Å²) < 4.78 is 10.0. The summed E-state index contributed by atoms with van der Waals surface area (Å²) in [6.07, 6.45) is 1.81. The zero-order valence-corrected chi connectivity index (χ0v) is 8.88. The highest BCUT2D eigenvalue weighted by atomic mass is 31.2. The molecule has 1 heterocycles. The molecule has 13 heavy (non-hydrogen) atoms. The molecule has 1 fully saturated rings. The Morgan fingerprint density at radius 2 is 2.00 bits per heavy atom. The van der Waals surface area contributed by atoms with Gasteiger partial charge in [-0.05, 0) is 13.5 Å². The Balaban J connectivity index is 0.000000226. The van der Waals surface area contributed by atoms with Gasteiger partial charge < -0.3 is 4.90 Å². The number of likely N-dealkylation sites (tertiary alicyclic amines) is 1. The van der Waals surface area contributed by atoms with Crippen LogP contribution in [-0.2, 0) is 9.36 Å². The Labute approximate surface area is 78.2 Å². The van der Waals surface area contributed by atoms with Gasteiger partial charge in [-0.3, -0.25) is 20.4 Å². The Morgan fingerprint density at radius 3 is 2.08 bits per heavy atom. The van der Waals surface area contributed by atoms with Crippen LogP contribution in [0.15, 0.2) is 0 Å². The van der Waals surface area contributed by atoms with Gasteiger partial charge in [0.25, 0.3) is 7.59 Å². The molecule has 1 saturated heterocycles. The molecule has 0 spiro atoms. The quantitative estimate of drug-likeness (QED) is 0.503. The number of nitrogens with one attached hydrogen (secondary N) is 1. The molecule has 1 aliphatic rings. The molecule has 6 nitrogen and oxygen atoms in total. The summed E-state index contributed by atoms with van der Waals surface area (Å²) in [6, 6.07) is 0. The predicted molar refractivity (Wildman–Crippen MR) is 51.9 cm³/mol. The van der Waals surface area contributed by atoms with E-state index in [2.05, 4.69) is 5.09 Å². The molecular formula is C6H17N4O2P. The van der Waals surface area contributed by atoms with Gasteiger partial charge in [-0.25, -0.2) is 5.09 Å². The van der Waals surface area contributed by atoms with Crippen LogP contribution in [0, 0.1) is 0 Å². The van der Waals surface area contributed by atoms with Gasteiger partial charge >= 0.3 is 0 Å². The summed E-state index contributed by atoms with van der Waals surface area (Å²) in [5.41, 5.74) is 9.51. The minimum Gasteiger partial charge on any atom is -0.346 e. The van der Waals surface area contributed by atoms with E-state index in [0.717, 1.165) is 19.4 Å². The lowest BCUT2D eigenvalue weighted by atomic mass is 10.4. The minimum atomic E-state index is -2.90. The highest BCUT2D eigenvalue weighted by molar-refractivity contribution is 7.56. The van der Waals surface area contributed by atoms with Crippen LogP contribution in [-0.4, -0.2) is 31.4 Å². The highest BCUT2D eigenvalue weighted by Crippen LogP contribution is 2.13. The zero-order valence-electron chi connectivity index (χ0n) is 7.99. The maximum atomic E-state index is 10.5. The largest absolute Gasteiger partial charge is 0.346 e. The molecule has 0 aromatic heterocycles. The lowest BCUT2D eigenvalue weighted by molar-refractivity contribution is -0.126. The van der Waals surface area contributed by atoms with E-state index in [1.165, 1.54) is 7.05 Å². The number of carbonyl (C=O) groups is 1. The Hall–Kier alpha value is -0.420. The average molecular weight is 208 g/mol. The summed E-state index contributed by atoms with van der Waals surface area (Å²) in [5.74, 6) is 0.292. The molecule has 5 N–H and O–H groups in total. The molecule has 0 atom stereocenters. The predicted octanol–water partition coefficient (Wildman–Crippen LogP) is -0.530. The van der Waals surface area contributed by atoms with E-state index in [-0.39, 0.29) is 0 Å². The van der Waals surface area contributed by atoms with E-state index in [9.17, 15) is 9.36 Å². The smallest absolute Gasteiger partial charge is 0.273 e. The summed E-state index contributed by atoms with van der Waals surface area (Å²) in [5, 5.41) is 2.22. The maximum Gasteiger partial charge on any atom is 0.273 e. The van der Waals surface area contributed by atoms with Crippen molar-refractivity contribution in [3.8, 4) is 0 Å². The van der Waals surface area contributed by atoms with Crippen LogP contribution in [0.4, 0.5) is 0 Å². The highest BCUT2D eigenvalue weighted by Gasteiger charge is 2.14. The van der Waals surface area contributed by atoms with Crippen molar-refractivity contribution in [1.82, 2.24) is 9.99 Å². The molecule has 1 amide bonds. The minimum absolute atomic E-state index is 0.292. The summed E-state index contributed by atoms with van der Waals surface area (Å²) in [7, 11) is 0.391. The molecule has 0 aromatic rings. The van der Waals surface area contributed by atoms with Crippen molar-refractivity contribution in [2.45, 2.75) is 12.8 Å². The third-order valence-electron chi connectivity index (χ3n) is 1.66. The van der Waals surface area contributed by atoms with Gasteiger partial charge in [-0.2, -0.15) is 0 Å². The molecule has 0 aromatic carbocycles. The maximum absolute atomic E-state index is 10.5. The fourth-order valence-corrected chi connectivity index (χ4v) is 0.783. The summed E-state index contributed by atoms with van der Waals surface area (Å²) >= 11 is 0. The van der Waals surface area contributed by atoms with Crippen molar-refractivity contribution in [3.63, 3.8) is 0 Å². The first-order chi connectivity index (χ1) is 5.87. The number of hydrogen-bond acceptors (Lipinski definition) is 2. The topological polar surface area (TPSA) is 101 Å². The molecular weight excluding hydrogens is 191 g/mol. The summed E-state index contributed by atoms with van der Waals surface area (Å²) in [6.45, 7) is 0.957. The van der Waals surface area contributed by atoms with Crippen molar-refractivity contribution >= 4 is 13.5 Å². The van der Waals surface area contributed by atoms with Gasteiger partial charge in [0.1, 0.15) is 0 Å². The first-order valence-corrected chi connectivity index (χ1v) is 5.81. The van der Waals surface area contributed by atoms with E-state index in [1.54, 1.807) is 4.90 Å². The molecule has 0 unspecified atom stereocenters. The van der Waals surface area contributed by atoms with Gasteiger partial charge in [0, 0.05) is 20.0 Å². The van der Waals surface area contributed by atoms with Crippen LogP contribution in [0.3, 0.4) is 0 Å². The second-order valence-corrected chi connectivity index (χ2v) is 4.72. The van der Waals surface area contributed by atoms with Gasteiger partial charge in [-0.1, -0.05) is 0 Å². The van der Waals surface area contributed by atoms with Crippen LogP contribution in [0.25, 0.3) is 0 Å². The Bertz CT molecular complexity index is 215. The number of amides is 1. The Kier molecular flexibility index (Phi) is 5.17. The van der Waals surface area contributed by atoms with E-state index in [4.69, 9.17) is 11.0 Å². The number of nitrogens with two attached hydrogens (primary N) is 2. The van der Waals surface area contributed by atoms with Gasteiger partial charge in [0.2, 0.25) is 5.91 Å².